The number of carboxylic acids is 1. The summed E-state index contributed by atoms with van der Waals surface area (Å²) in [5.41, 5.74) is 6.18. The van der Waals surface area contributed by atoms with Crippen molar-refractivity contribution in [3.8, 4) is 5.69 Å². The van der Waals surface area contributed by atoms with Gasteiger partial charge in [0, 0.05) is 24.7 Å². The van der Waals surface area contributed by atoms with Gasteiger partial charge in [0.15, 0.2) is 5.78 Å². The first-order valence-electron chi connectivity index (χ1n) is 14.1. The minimum atomic E-state index is -1.02. The van der Waals surface area contributed by atoms with Gasteiger partial charge in [0.1, 0.15) is 23.5 Å². The van der Waals surface area contributed by atoms with E-state index >= 15 is 0 Å². The van der Waals surface area contributed by atoms with E-state index in [9.17, 15) is 28.3 Å². The lowest BCUT2D eigenvalue weighted by atomic mass is 10.0. The zero-order valence-electron chi connectivity index (χ0n) is 24.1. The van der Waals surface area contributed by atoms with Crippen molar-refractivity contribution in [2.45, 2.75) is 70.6 Å². The van der Waals surface area contributed by atoms with Gasteiger partial charge in [0.05, 0.1) is 29.0 Å². The molecule has 1 atom stereocenters. The Morgan fingerprint density at radius 3 is 2.29 bits per heavy atom. The third-order valence-corrected chi connectivity index (χ3v) is 7.56. The summed E-state index contributed by atoms with van der Waals surface area (Å²) in [6.45, 7) is 6.31. The number of nitrogens with zero attached hydrogens (tertiary/aromatic N) is 2. The maximum absolute atomic E-state index is 14.3. The van der Waals surface area contributed by atoms with Crippen molar-refractivity contribution < 1.29 is 28.2 Å². The van der Waals surface area contributed by atoms with Crippen LogP contribution >= 0.6 is 0 Å². The van der Waals surface area contributed by atoms with Crippen LogP contribution in [0.25, 0.3) is 5.69 Å². The summed E-state index contributed by atoms with van der Waals surface area (Å²) in [5, 5.41) is 10.0. The van der Waals surface area contributed by atoms with E-state index < -0.39 is 40.6 Å². The van der Waals surface area contributed by atoms with Crippen molar-refractivity contribution in [1.82, 2.24) is 9.47 Å². The number of rotatable bonds is 11. The number of benzene rings is 2. The van der Waals surface area contributed by atoms with Gasteiger partial charge in [0.25, 0.3) is 5.56 Å². The maximum Gasteiger partial charge on any atom is 0.323 e. The molecule has 0 bridgehead atoms. The average Bonchev–Trinajstić information content (AvgIpc) is 3.45. The van der Waals surface area contributed by atoms with Gasteiger partial charge in [-0.3, -0.25) is 23.9 Å². The second-order valence-corrected chi connectivity index (χ2v) is 11.6. The largest absolute Gasteiger partial charge is 0.480 e. The van der Waals surface area contributed by atoms with Crippen LogP contribution in [0, 0.1) is 11.6 Å². The minimum Gasteiger partial charge on any atom is -0.480 e. The Morgan fingerprint density at radius 1 is 1.05 bits per heavy atom. The van der Waals surface area contributed by atoms with Crippen LogP contribution in [0.1, 0.15) is 67.9 Å². The fourth-order valence-corrected chi connectivity index (χ4v) is 5.37. The number of pyridine rings is 1. The lowest BCUT2D eigenvalue weighted by molar-refractivity contribution is -0.149. The molecule has 3 aromatic rings. The van der Waals surface area contributed by atoms with Crippen LogP contribution in [0.4, 0.5) is 14.6 Å². The molecule has 1 heterocycles. The van der Waals surface area contributed by atoms with Crippen molar-refractivity contribution in [3.05, 3.63) is 93.3 Å². The number of anilines is 1. The Kier molecular flexibility index (Phi) is 9.58. The van der Waals surface area contributed by atoms with E-state index in [1.807, 2.05) is 37.8 Å². The first-order chi connectivity index (χ1) is 19.9. The molecule has 224 valence electrons. The maximum atomic E-state index is 14.3. The highest BCUT2D eigenvalue weighted by Crippen LogP contribution is 2.27. The molecule has 0 saturated heterocycles. The number of carboxylic acid groups (broad SMARTS) is 1. The van der Waals surface area contributed by atoms with E-state index in [-0.39, 0.29) is 29.6 Å². The predicted octanol–water partition coefficient (Wildman–Crippen LogP) is 4.98. The molecule has 10 heteroatoms. The molecule has 0 aliphatic heterocycles. The first kappa shape index (κ1) is 31.1. The quantitative estimate of drug-likeness (QED) is 0.307. The van der Waals surface area contributed by atoms with Crippen LogP contribution in [-0.4, -0.2) is 57.2 Å². The van der Waals surface area contributed by atoms with E-state index in [1.54, 1.807) is 12.1 Å². The molecule has 1 fully saturated rings. The second-order valence-electron chi connectivity index (χ2n) is 11.6. The summed E-state index contributed by atoms with van der Waals surface area (Å²) < 4.78 is 34.6. The van der Waals surface area contributed by atoms with E-state index in [2.05, 4.69) is 0 Å². The minimum absolute atomic E-state index is 0.0893. The fourth-order valence-electron chi connectivity index (χ4n) is 5.37. The van der Waals surface area contributed by atoms with Crippen LogP contribution in [-0.2, 0) is 16.0 Å². The van der Waals surface area contributed by atoms with Gasteiger partial charge in [-0.2, -0.15) is 0 Å². The van der Waals surface area contributed by atoms with Crippen molar-refractivity contribution in [1.29, 1.82) is 0 Å². The molecule has 1 aliphatic carbocycles. The Bertz CT molecular complexity index is 1490. The molecule has 0 radical (unpaired) electrons. The van der Waals surface area contributed by atoms with Crippen LogP contribution in [0.2, 0.25) is 0 Å². The van der Waals surface area contributed by atoms with Crippen LogP contribution in [0.5, 0.6) is 0 Å². The topological polar surface area (TPSA) is 115 Å². The summed E-state index contributed by atoms with van der Waals surface area (Å²) in [4.78, 5) is 40.1. The van der Waals surface area contributed by atoms with Crippen LogP contribution in [0.15, 0.2) is 59.4 Å². The second kappa shape index (κ2) is 13.0. The number of hydrogen-bond donors (Lipinski definition) is 2. The van der Waals surface area contributed by atoms with E-state index in [0.29, 0.717) is 24.7 Å². The third kappa shape index (κ3) is 7.30. The summed E-state index contributed by atoms with van der Waals surface area (Å²) >= 11 is 0. The van der Waals surface area contributed by atoms with Gasteiger partial charge >= 0.3 is 5.97 Å². The van der Waals surface area contributed by atoms with E-state index in [4.69, 9.17) is 10.5 Å². The number of carbonyl (C=O) groups excluding carboxylic acids is 1. The van der Waals surface area contributed by atoms with Crippen LogP contribution in [0.3, 0.4) is 0 Å². The lowest BCUT2D eigenvalue weighted by Gasteiger charge is -2.35. The number of nitrogen functional groups attached to an aromatic ring is 1. The molecule has 1 unspecified atom stereocenters. The summed E-state index contributed by atoms with van der Waals surface area (Å²) in [6.07, 6.45) is 4.58. The number of aliphatic carboxylic acids is 1. The molecule has 0 spiro atoms. The number of hydrogen-bond acceptors (Lipinski definition) is 6. The highest BCUT2D eigenvalue weighted by molar-refractivity contribution is 6.11. The lowest BCUT2D eigenvalue weighted by Crippen LogP contribution is -2.50. The first-order valence-corrected chi connectivity index (χ1v) is 14.1. The molecule has 1 saturated carbocycles. The molecule has 4 rings (SSSR count). The zero-order valence-corrected chi connectivity index (χ0v) is 24.1. The fraction of sp³-hybridized carbons (Fsp3) is 0.406. The standard InChI is InChI=1S/C32H37F2N3O5/c1-32(2,3)42-19-27(31(40)41)36(22-6-4-5-7-22)17-16-20-8-11-23(12-9-20)37-28(38)15-14-25(30(37)35)29(39)24-13-10-21(33)18-26(24)34/h8-15,18,22,27H,4-7,16-17,19,35H2,1-3H3,(H,40,41). The van der Waals surface area contributed by atoms with Gasteiger partial charge in [-0.25, -0.2) is 8.78 Å². The smallest absolute Gasteiger partial charge is 0.323 e. The molecule has 1 aromatic heterocycles. The SMILES string of the molecule is CC(C)(C)OCC(C(=O)O)N(CCc1ccc(-n2c(N)c(C(=O)c3ccc(F)cc3F)ccc2=O)cc1)C1CCCC1. The van der Waals surface area contributed by atoms with Crippen LogP contribution < -0.4 is 11.3 Å². The number of nitrogens with two attached hydrogens (primary N) is 1. The van der Waals surface area contributed by atoms with Crippen molar-refractivity contribution in [3.63, 3.8) is 0 Å². The van der Waals surface area contributed by atoms with Gasteiger partial charge in [0.2, 0.25) is 0 Å². The Labute approximate surface area is 243 Å². The third-order valence-electron chi connectivity index (χ3n) is 7.56. The van der Waals surface area contributed by atoms with Crippen molar-refractivity contribution >= 4 is 17.6 Å². The number of ketones is 1. The van der Waals surface area contributed by atoms with Gasteiger partial charge in [-0.15, -0.1) is 0 Å². The molecule has 3 N–H and O–H groups in total. The molecular formula is C32H37F2N3O5. The molecule has 0 amide bonds. The van der Waals surface area contributed by atoms with Gasteiger partial charge < -0.3 is 15.6 Å². The normalized spacial score (nSPS) is 14.8. The Hall–Kier alpha value is -3.89. The number of aromatic nitrogens is 1. The summed E-state index contributed by atoms with van der Waals surface area (Å²) in [7, 11) is 0. The molecular weight excluding hydrogens is 544 g/mol. The molecule has 2 aromatic carbocycles. The zero-order chi connectivity index (χ0) is 30.6. The van der Waals surface area contributed by atoms with Crippen molar-refractivity contribution in [2.75, 3.05) is 18.9 Å². The molecule has 42 heavy (non-hydrogen) atoms. The summed E-state index contributed by atoms with van der Waals surface area (Å²) in [6, 6.07) is 11.5. The monoisotopic (exact) mass is 581 g/mol. The van der Waals surface area contributed by atoms with Crippen molar-refractivity contribution in [2.24, 2.45) is 0 Å². The summed E-state index contributed by atoms with van der Waals surface area (Å²) in [5.74, 6) is -3.69. The Balaban J connectivity index is 1.55. The molecule has 1 aliphatic rings. The molecule has 8 nitrogen and oxygen atoms in total. The van der Waals surface area contributed by atoms with Gasteiger partial charge in [-0.1, -0.05) is 25.0 Å². The van der Waals surface area contributed by atoms with E-state index in [1.165, 1.54) is 12.1 Å². The predicted molar refractivity (Wildman–Crippen MR) is 156 cm³/mol. The number of ether oxygens (including phenoxy) is 1. The number of carbonyl (C=O) groups is 2. The highest BCUT2D eigenvalue weighted by Gasteiger charge is 2.34. The van der Waals surface area contributed by atoms with E-state index in [0.717, 1.165) is 47.9 Å². The Morgan fingerprint density at radius 2 is 1.69 bits per heavy atom. The van der Waals surface area contributed by atoms with Gasteiger partial charge in [-0.05, 0) is 75.9 Å². The highest BCUT2D eigenvalue weighted by atomic mass is 19.1. The number of halogens is 2. The average molecular weight is 582 g/mol.